The van der Waals surface area contributed by atoms with Crippen molar-refractivity contribution < 1.29 is 24.2 Å². The predicted octanol–water partition coefficient (Wildman–Crippen LogP) is 2.63. The molecule has 0 unspecified atom stereocenters. The maximum absolute atomic E-state index is 12.9. The number of carboxylic acid groups (broad SMARTS) is 1. The first-order valence-corrected chi connectivity index (χ1v) is 8.75. The first-order chi connectivity index (χ1) is 13.3. The van der Waals surface area contributed by atoms with Crippen LogP contribution in [-0.2, 0) is 14.4 Å². The maximum Gasteiger partial charge on any atom is 0.341 e. The molecule has 1 saturated heterocycles. The van der Waals surface area contributed by atoms with Crippen LogP contribution in [0.5, 0.6) is 5.75 Å². The largest absolute Gasteiger partial charge is 0.482 e. The molecule has 2 amide bonds. The number of carbonyl (C=O) groups is 3. The molecule has 3 rings (SSSR count). The van der Waals surface area contributed by atoms with E-state index in [9.17, 15) is 14.4 Å². The number of hydrogen-bond donors (Lipinski definition) is 2. The fourth-order valence-corrected chi connectivity index (χ4v) is 2.89. The van der Waals surface area contributed by atoms with E-state index in [-0.39, 0.29) is 10.7 Å². The van der Waals surface area contributed by atoms with Crippen molar-refractivity contribution in [1.29, 1.82) is 0 Å². The van der Waals surface area contributed by atoms with Crippen molar-refractivity contribution in [1.82, 2.24) is 5.32 Å². The van der Waals surface area contributed by atoms with Gasteiger partial charge in [-0.1, -0.05) is 23.7 Å². The van der Waals surface area contributed by atoms with E-state index >= 15 is 0 Å². The molecule has 7 nitrogen and oxygen atoms in total. The van der Waals surface area contributed by atoms with Crippen LogP contribution in [0.3, 0.4) is 0 Å². The fourth-order valence-electron chi connectivity index (χ4n) is 2.49. The smallest absolute Gasteiger partial charge is 0.341 e. The number of ether oxygens (including phenoxy) is 1. The number of aliphatic carboxylic acids is 1. The Labute approximate surface area is 170 Å². The van der Waals surface area contributed by atoms with Crippen molar-refractivity contribution in [2.45, 2.75) is 0 Å². The van der Waals surface area contributed by atoms with Crippen LogP contribution in [0.1, 0.15) is 5.56 Å². The first-order valence-electron chi connectivity index (χ1n) is 7.97. The number of nitrogens with one attached hydrogen (secondary N) is 1. The molecule has 28 heavy (non-hydrogen) atoms. The molecule has 0 aliphatic carbocycles. The Bertz CT molecular complexity index is 1000. The second-order valence-electron chi connectivity index (χ2n) is 5.69. The molecule has 2 aromatic carbocycles. The second kappa shape index (κ2) is 8.20. The van der Waals surface area contributed by atoms with Gasteiger partial charge in [0.25, 0.3) is 11.8 Å². The lowest BCUT2D eigenvalue weighted by Crippen LogP contribution is -2.54. The Balaban J connectivity index is 1.92. The molecule has 2 aromatic rings. The Kier molecular flexibility index (Phi) is 5.72. The molecule has 0 aromatic heterocycles. The van der Waals surface area contributed by atoms with Gasteiger partial charge in [0, 0.05) is 5.02 Å². The molecule has 142 valence electrons. The van der Waals surface area contributed by atoms with E-state index in [0.29, 0.717) is 22.0 Å². The molecule has 0 bridgehead atoms. The molecule has 1 aliphatic heterocycles. The summed E-state index contributed by atoms with van der Waals surface area (Å²) >= 11 is 11.0. The zero-order valence-corrected chi connectivity index (χ0v) is 15.8. The zero-order valence-electron chi connectivity index (χ0n) is 14.2. The third-order valence-electron chi connectivity index (χ3n) is 3.72. The zero-order chi connectivity index (χ0) is 20.3. The van der Waals surface area contributed by atoms with Crippen LogP contribution >= 0.6 is 23.8 Å². The number of anilines is 1. The predicted molar refractivity (Wildman–Crippen MR) is 107 cm³/mol. The molecule has 9 heteroatoms. The van der Waals surface area contributed by atoms with Crippen LogP contribution in [0.2, 0.25) is 5.02 Å². The van der Waals surface area contributed by atoms with E-state index in [1.807, 2.05) is 0 Å². The SMILES string of the molecule is O=C(O)COc1cccc(C=C2C(=O)NC(=S)N(c3ccc(Cl)cc3)C2=O)c1. The van der Waals surface area contributed by atoms with E-state index in [1.165, 1.54) is 17.0 Å². The number of rotatable bonds is 5. The average molecular weight is 417 g/mol. The fraction of sp³-hybridized carbons (Fsp3) is 0.0526. The van der Waals surface area contributed by atoms with Gasteiger partial charge in [-0.15, -0.1) is 0 Å². The lowest BCUT2D eigenvalue weighted by molar-refractivity contribution is -0.139. The van der Waals surface area contributed by atoms with Crippen LogP contribution in [0, 0.1) is 0 Å². The normalized spacial score (nSPS) is 15.5. The van der Waals surface area contributed by atoms with E-state index in [1.54, 1.807) is 42.5 Å². The number of carboxylic acids is 1. The number of carbonyl (C=O) groups excluding carboxylic acids is 2. The number of benzene rings is 2. The molecule has 2 N–H and O–H groups in total. The molecule has 1 heterocycles. The molecular formula is C19H13ClN2O5S. The maximum atomic E-state index is 12.9. The van der Waals surface area contributed by atoms with Gasteiger partial charge >= 0.3 is 5.97 Å². The summed E-state index contributed by atoms with van der Waals surface area (Å²) in [5.41, 5.74) is 0.827. The average Bonchev–Trinajstić information content (AvgIpc) is 2.65. The van der Waals surface area contributed by atoms with E-state index in [4.69, 9.17) is 33.7 Å². The van der Waals surface area contributed by atoms with E-state index in [0.717, 1.165) is 0 Å². The van der Waals surface area contributed by atoms with Crippen molar-refractivity contribution >= 4 is 58.5 Å². The van der Waals surface area contributed by atoms with Crippen molar-refractivity contribution in [2.75, 3.05) is 11.5 Å². The molecule has 0 radical (unpaired) electrons. The van der Waals surface area contributed by atoms with Crippen LogP contribution in [0.25, 0.3) is 6.08 Å². The number of thiocarbonyl (C=S) groups is 1. The van der Waals surface area contributed by atoms with Gasteiger partial charge in [0.15, 0.2) is 11.7 Å². The van der Waals surface area contributed by atoms with Gasteiger partial charge in [0.2, 0.25) is 0 Å². The van der Waals surface area contributed by atoms with E-state index in [2.05, 4.69) is 5.32 Å². The minimum absolute atomic E-state index is 0.0342. The Morgan fingerprint density at radius 2 is 1.93 bits per heavy atom. The molecule has 0 spiro atoms. The van der Waals surface area contributed by atoms with Gasteiger partial charge in [-0.2, -0.15) is 0 Å². The Morgan fingerprint density at radius 3 is 2.61 bits per heavy atom. The lowest BCUT2D eigenvalue weighted by Gasteiger charge is -2.29. The quantitative estimate of drug-likeness (QED) is 0.442. The summed E-state index contributed by atoms with van der Waals surface area (Å²) in [6, 6.07) is 12.8. The molecule has 0 atom stereocenters. The number of amides is 2. The summed E-state index contributed by atoms with van der Waals surface area (Å²) < 4.78 is 5.11. The van der Waals surface area contributed by atoms with Crippen LogP contribution in [-0.4, -0.2) is 34.6 Å². The standard InChI is InChI=1S/C19H13ClN2O5S/c20-12-4-6-13(7-5-12)22-18(26)15(17(25)21-19(22)28)9-11-2-1-3-14(8-11)27-10-16(23)24/h1-9H,10H2,(H,23,24)(H,21,25,28). The van der Waals surface area contributed by atoms with Crippen LogP contribution in [0.4, 0.5) is 5.69 Å². The molecule has 0 saturated carbocycles. The Hall–Kier alpha value is -3.23. The van der Waals surface area contributed by atoms with Gasteiger partial charge in [0.1, 0.15) is 11.3 Å². The lowest BCUT2D eigenvalue weighted by atomic mass is 10.1. The summed E-state index contributed by atoms with van der Waals surface area (Å²) in [7, 11) is 0. The highest BCUT2D eigenvalue weighted by Crippen LogP contribution is 2.24. The summed E-state index contributed by atoms with van der Waals surface area (Å²) in [6.07, 6.45) is 1.38. The summed E-state index contributed by atoms with van der Waals surface area (Å²) in [5, 5.41) is 11.6. The summed E-state index contributed by atoms with van der Waals surface area (Å²) in [4.78, 5) is 37.0. The molecule has 1 aliphatic rings. The summed E-state index contributed by atoms with van der Waals surface area (Å²) in [5.74, 6) is -2.03. The van der Waals surface area contributed by atoms with Gasteiger partial charge in [0.05, 0.1) is 5.69 Å². The monoisotopic (exact) mass is 416 g/mol. The van der Waals surface area contributed by atoms with Crippen molar-refractivity contribution in [3.63, 3.8) is 0 Å². The highest BCUT2D eigenvalue weighted by atomic mass is 35.5. The van der Waals surface area contributed by atoms with E-state index < -0.39 is 24.4 Å². The highest BCUT2D eigenvalue weighted by molar-refractivity contribution is 7.80. The van der Waals surface area contributed by atoms with Crippen molar-refractivity contribution in [3.8, 4) is 5.75 Å². The second-order valence-corrected chi connectivity index (χ2v) is 6.51. The number of nitrogens with zero attached hydrogens (tertiary/aromatic N) is 1. The van der Waals surface area contributed by atoms with Crippen molar-refractivity contribution in [2.24, 2.45) is 0 Å². The number of hydrogen-bond acceptors (Lipinski definition) is 5. The topological polar surface area (TPSA) is 95.9 Å². The Morgan fingerprint density at radius 1 is 1.21 bits per heavy atom. The number of halogens is 1. The summed E-state index contributed by atoms with van der Waals surface area (Å²) in [6.45, 7) is -0.502. The van der Waals surface area contributed by atoms with Gasteiger partial charge in [-0.25, -0.2) is 4.79 Å². The highest BCUT2D eigenvalue weighted by Gasteiger charge is 2.34. The van der Waals surface area contributed by atoms with Gasteiger partial charge in [-0.05, 0) is 60.3 Å². The molecular weight excluding hydrogens is 404 g/mol. The molecule has 1 fully saturated rings. The minimum atomic E-state index is -1.11. The van der Waals surface area contributed by atoms with Gasteiger partial charge < -0.3 is 9.84 Å². The third-order valence-corrected chi connectivity index (χ3v) is 4.25. The van der Waals surface area contributed by atoms with Gasteiger partial charge in [-0.3, -0.25) is 19.8 Å². The van der Waals surface area contributed by atoms with Crippen molar-refractivity contribution in [3.05, 3.63) is 64.7 Å². The first kappa shape index (κ1) is 19.5. The third kappa shape index (κ3) is 4.36. The minimum Gasteiger partial charge on any atom is -0.482 e. The van der Waals surface area contributed by atoms with Crippen LogP contribution in [0.15, 0.2) is 54.1 Å². The van der Waals surface area contributed by atoms with Crippen LogP contribution < -0.4 is 15.0 Å².